The highest BCUT2D eigenvalue weighted by molar-refractivity contribution is 5.77. The Balaban J connectivity index is 1.45. The third kappa shape index (κ3) is 3.59. The van der Waals surface area contributed by atoms with Crippen LogP contribution in [0.1, 0.15) is 50.4 Å². The number of pyridine rings is 1. The zero-order chi connectivity index (χ0) is 25.2. The van der Waals surface area contributed by atoms with Crippen molar-refractivity contribution in [3.8, 4) is 5.82 Å². The van der Waals surface area contributed by atoms with Gasteiger partial charge in [-0.1, -0.05) is 6.07 Å². The van der Waals surface area contributed by atoms with Gasteiger partial charge < -0.3 is 15.7 Å². The number of hydrogen-bond donors (Lipinski definition) is 3. The highest BCUT2D eigenvalue weighted by Gasteiger charge is 2.44. The van der Waals surface area contributed by atoms with Crippen molar-refractivity contribution in [2.75, 3.05) is 11.9 Å². The van der Waals surface area contributed by atoms with Gasteiger partial charge in [0.25, 0.3) is 5.56 Å². The summed E-state index contributed by atoms with van der Waals surface area (Å²) in [7, 11) is 0. The number of nitrogens with zero attached hydrogens (tertiary/aromatic N) is 5. The quantitative estimate of drug-likeness (QED) is 0.395. The van der Waals surface area contributed by atoms with Gasteiger partial charge in [0, 0.05) is 24.0 Å². The molecule has 0 saturated heterocycles. The third-order valence-corrected chi connectivity index (χ3v) is 7.20. The first-order valence-corrected chi connectivity index (χ1v) is 12.2. The zero-order valence-electron chi connectivity index (χ0n) is 20.5. The topological polar surface area (TPSA) is 110 Å². The number of rotatable bonds is 5. The molecule has 0 amide bonds. The fourth-order valence-electron chi connectivity index (χ4n) is 5.02. The smallest absolute Gasteiger partial charge is 0.278 e. The van der Waals surface area contributed by atoms with E-state index in [2.05, 4.69) is 51.6 Å². The first kappa shape index (κ1) is 22.8. The summed E-state index contributed by atoms with van der Waals surface area (Å²) in [5.41, 5.74) is 2.49. The Kier molecular flexibility index (Phi) is 5.03. The molecule has 4 aromatic rings. The Bertz CT molecular complexity index is 1570. The molecule has 1 saturated carbocycles. The molecule has 0 unspecified atom stereocenters. The first-order valence-electron chi connectivity index (χ1n) is 12.2. The molecule has 9 nitrogen and oxygen atoms in total. The molecule has 10 heteroatoms. The predicted molar refractivity (Wildman–Crippen MR) is 134 cm³/mol. The molecule has 0 bridgehead atoms. The van der Waals surface area contributed by atoms with Crippen molar-refractivity contribution < 1.29 is 9.50 Å². The summed E-state index contributed by atoms with van der Waals surface area (Å²) in [6.45, 7) is 7.30. The molecule has 4 heterocycles. The van der Waals surface area contributed by atoms with Crippen molar-refractivity contribution in [1.82, 2.24) is 29.6 Å². The number of aromatic nitrogens is 5. The molecular formula is C26H28FN7O2. The van der Waals surface area contributed by atoms with E-state index in [0.717, 1.165) is 18.7 Å². The van der Waals surface area contributed by atoms with Crippen molar-refractivity contribution >= 4 is 22.7 Å². The van der Waals surface area contributed by atoms with Gasteiger partial charge in [-0.15, -0.1) is 0 Å². The largest absolute Gasteiger partial charge is 0.384 e. The maximum atomic E-state index is 15.0. The van der Waals surface area contributed by atoms with Crippen molar-refractivity contribution in [1.29, 1.82) is 0 Å². The average Bonchev–Trinajstić information content (AvgIpc) is 3.54. The van der Waals surface area contributed by atoms with Crippen molar-refractivity contribution in [3.05, 3.63) is 69.5 Å². The van der Waals surface area contributed by atoms with Gasteiger partial charge in [-0.3, -0.25) is 4.79 Å². The van der Waals surface area contributed by atoms with Crippen LogP contribution < -0.4 is 16.2 Å². The molecule has 1 fully saturated rings. The Hall–Kier alpha value is -3.63. The fraction of sp³-hybridized carbons (Fsp3) is 0.385. The molecule has 0 atom stereocenters. The van der Waals surface area contributed by atoms with Crippen molar-refractivity contribution in [2.45, 2.75) is 57.7 Å². The van der Waals surface area contributed by atoms with Crippen LogP contribution in [0.2, 0.25) is 0 Å². The van der Waals surface area contributed by atoms with Gasteiger partial charge >= 0.3 is 0 Å². The molecular weight excluding hydrogens is 461 g/mol. The maximum Gasteiger partial charge on any atom is 0.278 e. The van der Waals surface area contributed by atoms with Crippen LogP contribution in [0.4, 0.5) is 16.0 Å². The molecule has 6 rings (SSSR count). The number of hydrogen-bond acceptors (Lipinski definition) is 7. The minimum atomic E-state index is -1.04. The SMILES string of the molecule is CCn1c(=O)c2cnc(Nc3ccc4c(c3)CCNC4(C)C)nc2n1-c1nc(C2(O)CC2)ccc1F. The monoisotopic (exact) mass is 489 g/mol. The second-order valence-electron chi connectivity index (χ2n) is 10.1. The number of benzene rings is 1. The normalized spacial score (nSPS) is 17.7. The van der Waals surface area contributed by atoms with E-state index >= 15 is 4.39 Å². The lowest BCUT2D eigenvalue weighted by Gasteiger charge is -2.34. The Morgan fingerprint density at radius 2 is 2.00 bits per heavy atom. The van der Waals surface area contributed by atoms with Gasteiger partial charge in [0.15, 0.2) is 17.3 Å². The average molecular weight is 490 g/mol. The van der Waals surface area contributed by atoms with E-state index in [4.69, 9.17) is 0 Å². The first-order chi connectivity index (χ1) is 17.2. The van der Waals surface area contributed by atoms with E-state index in [-0.39, 0.29) is 40.4 Å². The summed E-state index contributed by atoms with van der Waals surface area (Å²) in [6, 6.07) is 8.93. The summed E-state index contributed by atoms with van der Waals surface area (Å²) in [5.74, 6) is -0.397. The fourth-order valence-corrected chi connectivity index (χ4v) is 5.02. The second-order valence-corrected chi connectivity index (χ2v) is 10.1. The van der Waals surface area contributed by atoms with Gasteiger partial charge in [-0.25, -0.2) is 23.7 Å². The summed E-state index contributed by atoms with van der Waals surface area (Å²) in [5, 5.41) is 17.6. The van der Waals surface area contributed by atoms with Gasteiger partial charge in [0.1, 0.15) is 11.0 Å². The molecule has 1 aromatic carbocycles. The molecule has 3 N–H and O–H groups in total. The van der Waals surface area contributed by atoms with E-state index in [1.807, 2.05) is 6.07 Å². The highest BCUT2D eigenvalue weighted by atomic mass is 19.1. The summed E-state index contributed by atoms with van der Waals surface area (Å²) >= 11 is 0. The van der Waals surface area contributed by atoms with Crippen LogP contribution in [-0.2, 0) is 24.1 Å². The highest BCUT2D eigenvalue weighted by Crippen LogP contribution is 2.44. The van der Waals surface area contributed by atoms with Crippen molar-refractivity contribution in [2.24, 2.45) is 0 Å². The number of aliphatic hydroxyl groups is 1. The Morgan fingerprint density at radius 1 is 1.19 bits per heavy atom. The van der Waals surface area contributed by atoms with E-state index < -0.39 is 11.4 Å². The maximum absolute atomic E-state index is 15.0. The molecule has 1 aliphatic heterocycles. The van der Waals surface area contributed by atoms with E-state index in [9.17, 15) is 9.90 Å². The van der Waals surface area contributed by atoms with Crippen LogP contribution in [0.3, 0.4) is 0 Å². The number of anilines is 2. The standard InChI is InChI=1S/C26H28FN7O2/c1-4-33-23(35)17-14-28-24(30-16-5-6-18-15(13-16)9-12-29-25(18,2)3)32-21(17)34(33)22-19(27)7-8-20(31-22)26(36)10-11-26/h5-8,13-14,29,36H,4,9-12H2,1-3H3,(H,28,30,32). The molecule has 1 aliphatic carbocycles. The lowest BCUT2D eigenvalue weighted by molar-refractivity contribution is 0.146. The number of halogens is 1. The van der Waals surface area contributed by atoms with Gasteiger partial charge in [-0.05, 0) is 82.0 Å². The number of nitrogens with one attached hydrogen (secondary N) is 2. The Morgan fingerprint density at radius 3 is 2.75 bits per heavy atom. The third-order valence-electron chi connectivity index (χ3n) is 7.20. The van der Waals surface area contributed by atoms with Crippen LogP contribution in [-0.4, -0.2) is 36.0 Å². The summed E-state index contributed by atoms with van der Waals surface area (Å²) < 4.78 is 17.8. The van der Waals surface area contributed by atoms with E-state index in [1.165, 1.54) is 38.8 Å². The van der Waals surface area contributed by atoms with Crippen LogP contribution in [0.25, 0.3) is 16.9 Å². The van der Waals surface area contributed by atoms with Gasteiger partial charge in [0.05, 0.1) is 5.69 Å². The lowest BCUT2D eigenvalue weighted by atomic mass is 9.85. The van der Waals surface area contributed by atoms with Crippen molar-refractivity contribution in [3.63, 3.8) is 0 Å². The summed E-state index contributed by atoms with van der Waals surface area (Å²) in [6.07, 6.45) is 3.52. The molecule has 2 aliphatic rings. The molecule has 36 heavy (non-hydrogen) atoms. The molecule has 3 aromatic heterocycles. The number of fused-ring (bicyclic) bond motifs is 2. The zero-order valence-corrected chi connectivity index (χ0v) is 20.5. The van der Waals surface area contributed by atoms with E-state index in [1.54, 1.807) is 6.92 Å². The minimum absolute atomic E-state index is 0.0741. The predicted octanol–water partition coefficient (Wildman–Crippen LogP) is 3.24. The van der Waals surface area contributed by atoms with Crippen LogP contribution in [0, 0.1) is 5.82 Å². The molecule has 0 spiro atoms. The van der Waals surface area contributed by atoms with E-state index in [0.29, 0.717) is 18.5 Å². The Labute approximate surface area is 207 Å². The van der Waals surface area contributed by atoms with Gasteiger partial charge in [-0.2, -0.15) is 4.98 Å². The molecule has 186 valence electrons. The minimum Gasteiger partial charge on any atom is -0.384 e. The lowest BCUT2D eigenvalue weighted by Crippen LogP contribution is -2.42. The van der Waals surface area contributed by atoms with Gasteiger partial charge in [0.2, 0.25) is 5.95 Å². The van der Waals surface area contributed by atoms with Crippen LogP contribution in [0.15, 0.2) is 41.3 Å². The molecule has 0 radical (unpaired) electrons. The van der Waals surface area contributed by atoms with Crippen LogP contribution >= 0.6 is 0 Å². The van der Waals surface area contributed by atoms with Crippen LogP contribution in [0.5, 0.6) is 0 Å². The second kappa shape index (κ2) is 7.94. The summed E-state index contributed by atoms with van der Waals surface area (Å²) in [4.78, 5) is 26.5.